The predicted molar refractivity (Wildman–Crippen MR) is 60.5 cm³/mol. The van der Waals surface area contributed by atoms with Gasteiger partial charge in [0.15, 0.2) is 0 Å². The van der Waals surface area contributed by atoms with Crippen molar-refractivity contribution in [3.63, 3.8) is 0 Å². The molecular weight excluding hydrogens is 190 g/mol. The number of hydrogen-bond acceptors (Lipinski definition) is 3. The topological polar surface area (TPSA) is 36.6 Å². The van der Waals surface area contributed by atoms with Crippen molar-refractivity contribution in [3.05, 3.63) is 23.7 Å². The van der Waals surface area contributed by atoms with Crippen molar-refractivity contribution in [2.24, 2.45) is 0 Å². The highest BCUT2D eigenvalue weighted by atomic mass is 16.4. The predicted octanol–water partition coefficient (Wildman–Crippen LogP) is 2.39. The summed E-state index contributed by atoms with van der Waals surface area (Å²) in [5.41, 5.74) is 0. The minimum atomic E-state index is -0.0123. The zero-order valence-corrected chi connectivity index (χ0v) is 9.70. The van der Waals surface area contributed by atoms with E-state index in [1.54, 1.807) is 0 Å². The molecule has 0 saturated heterocycles. The number of hydrogen-bond donors (Lipinski definition) is 1. The molecular formula is C12H21NO2. The maximum atomic E-state index is 8.88. The Morgan fingerprint density at radius 3 is 2.20 bits per heavy atom. The zero-order valence-electron chi connectivity index (χ0n) is 9.70. The molecule has 15 heavy (non-hydrogen) atoms. The number of furan rings is 1. The van der Waals surface area contributed by atoms with Gasteiger partial charge in [0.1, 0.15) is 18.1 Å². The first-order chi connectivity index (χ1) is 7.30. The monoisotopic (exact) mass is 211 g/mol. The van der Waals surface area contributed by atoms with Crippen LogP contribution in [0.2, 0.25) is 0 Å². The summed E-state index contributed by atoms with van der Waals surface area (Å²) in [7, 11) is 0. The summed E-state index contributed by atoms with van der Waals surface area (Å²) in [5, 5.41) is 8.88. The standard InChI is InChI=1S/C12H21NO2/c1-3-7-13(8-4-2)9-11-5-6-12(10-14)15-11/h5-6,14H,3-4,7-10H2,1-2H3. The van der Waals surface area contributed by atoms with Crippen LogP contribution in [0.25, 0.3) is 0 Å². The third-order valence-electron chi connectivity index (χ3n) is 2.33. The van der Waals surface area contributed by atoms with Gasteiger partial charge in [0, 0.05) is 0 Å². The SMILES string of the molecule is CCCN(CCC)Cc1ccc(CO)o1. The van der Waals surface area contributed by atoms with Crippen LogP contribution in [-0.2, 0) is 13.2 Å². The Morgan fingerprint density at radius 2 is 1.73 bits per heavy atom. The van der Waals surface area contributed by atoms with Gasteiger partial charge in [0.2, 0.25) is 0 Å². The number of rotatable bonds is 7. The molecule has 0 unspecified atom stereocenters. The average molecular weight is 211 g/mol. The summed E-state index contributed by atoms with van der Waals surface area (Å²) >= 11 is 0. The summed E-state index contributed by atoms with van der Waals surface area (Å²) in [6.45, 7) is 7.41. The van der Waals surface area contributed by atoms with E-state index >= 15 is 0 Å². The second-order valence-corrected chi connectivity index (χ2v) is 3.80. The molecule has 1 aromatic heterocycles. The van der Waals surface area contributed by atoms with Gasteiger partial charge in [0.25, 0.3) is 0 Å². The van der Waals surface area contributed by atoms with Crippen LogP contribution in [0.3, 0.4) is 0 Å². The molecule has 86 valence electrons. The summed E-state index contributed by atoms with van der Waals surface area (Å²) < 4.78 is 5.46. The van der Waals surface area contributed by atoms with Crippen LogP contribution < -0.4 is 0 Å². The molecule has 0 fully saturated rings. The van der Waals surface area contributed by atoms with Gasteiger partial charge in [-0.2, -0.15) is 0 Å². The van der Waals surface area contributed by atoms with Gasteiger partial charge >= 0.3 is 0 Å². The van der Waals surface area contributed by atoms with Crippen LogP contribution in [0.5, 0.6) is 0 Å². The Kier molecular flexibility index (Phi) is 5.43. The molecule has 0 spiro atoms. The third kappa shape index (κ3) is 4.06. The molecule has 0 bridgehead atoms. The van der Waals surface area contributed by atoms with E-state index in [-0.39, 0.29) is 6.61 Å². The van der Waals surface area contributed by atoms with Crippen molar-refractivity contribution in [2.75, 3.05) is 13.1 Å². The lowest BCUT2D eigenvalue weighted by molar-refractivity contribution is 0.219. The van der Waals surface area contributed by atoms with Crippen molar-refractivity contribution in [1.29, 1.82) is 0 Å². The van der Waals surface area contributed by atoms with Gasteiger partial charge in [-0.15, -0.1) is 0 Å². The first kappa shape index (κ1) is 12.3. The van der Waals surface area contributed by atoms with Crippen LogP contribution in [0.15, 0.2) is 16.5 Å². The summed E-state index contributed by atoms with van der Waals surface area (Å²) in [6.07, 6.45) is 2.32. The molecule has 0 aliphatic heterocycles. The maximum Gasteiger partial charge on any atom is 0.129 e. The van der Waals surface area contributed by atoms with Gasteiger partial charge in [-0.25, -0.2) is 0 Å². The van der Waals surface area contributed by atoms with E-state index < -0.39 is 0 Å². The van der Waals surface area contributed by atoms with E-state index in [1.165, 1.54) is 0 Å². The molecule has 0 aliphatic carbocycles. The minimum Gasteiger partial charge on any atom is -0.462 e. The molecule has 0 amide bonds. The zero-order chi connectivity index (χ0) is 11.1. The van der Waals surface area contributed by atoms with Crippen LogP contribution in [-0.4, -0.2) is 23.1 Å². The molecule has 0 aliphatic rings. The van der Waals surface area contributed by atoms with Gasteiger partial charge < -0.3 is 9.52 Å². The Morgan fingerprint density at radius 1 is 1.13 bits per heavy atom. The smallest absolute Gasteiger partial charge is 0.129 e. The molecule has 0 aromatic carbocycles. The molecule has 0 radical (unpaired) electrons. The highest BCUT2D eigenvalue weighted by molar-refractivity contribution is 5.06. The quantitative estimate of drug-likeness (QED) is 0.752. The van der Waals surface area contributed by atoms with Crippen LogP contribution >= 0.6 is 0 Å². The molecule has 1 heterocycles. The van der Waals surface area contributed by atoms with E-state index in [1.807, 2.05) is 12.1 Å². The van der Waals surface area contributed by atoms with Gasteiger partial charge in [0.05, 0.1) is 6.54 Å². The summed E-state index contributed by atoms with van der Waals surface area (Å²) in [4.78, 5) is 2.37. The first-order valence-electron chi connectivity index (χ1n) is 5.71. The normalized spacial score (nSPS) is 11.2. The van der Waals surface area contributed by atoms with E-state index in [9.17, 15) is 0 Å². The van der Waals surface area contributed by atoms with E-state index in [4.69, 9.17) is 9.52 Å². The van der Waals surface area contributed by atoms with Crippen molar-refractivity contribution in [3.8, 4) is 0 Å². The fraction of sp³-hybridized carbons (Fsp3) is 0.667. The highest BCUT2D eigenvalue weighted by Gasteiger charge is 2.07. The fourth-order valence-corrected chi connectivity index (χ4v) is 1.72. The second kappa shape index (κ2) is 6.64. The Balaban J connectivity index is 2.48. The van der Waals surface area contributed by atoms with Crippen molar-refractivity contribution >= 4 is 0 Å². The fourth-order valence-electron chi connectivity index (χ4n) is 1.72. The lowest BCUT2D eigenvalue weighted by Crippen LogP contribution is -2.24. The van der Waals surface area contributed by atoms with E-state index in [0.29, 0.717) is 5.76 Å². The average Bonchev–Trinajstić information content (AvgIpc) is 2.66. The third-order valence-corrected chi connectivity index (χ3v) is 2.33. The van der Waals surface area contributed by atoms with Gasteiger partial charge in [-0.1, -0.05) is 13.8 Å². The maximum absolute atomic E-state index is 8.88. The van der Waals surface area contributed by atoms with Crippen LogP contribution in [0, 0.1) is 0 Å². The first-order valence-corrected chi connectivity index (χ1v) is 5.71. The molecule has 1 rings (SSSR count). The number of aliphatic hydroxyl groups excluding tert-OH is 1. The molecule has 0 atom stereocenters. The Labute approximate surface area is 91.7 Å². The summed E-state index contributed by atoms with van der Waals surface area (Å²) in [6, 6.07) is 3.79. The molecule has 1 aromatic rings. The van der Waals surface area contributed by atoms with Crippen LogP contribution in [0.4, 0.5) is 0 Å². The lowest BCUT2D eigenvalue weighted by Gasteiger charge is -2.19. The van der Waals surface area contributed by atoms with E-state index in [2.05, 4.69) is 18.7 Å². The van der Waals surface area contributed by atoms with Crippen molar-refractivity contribution in [2.45, 2.75) is 39.8 Å². The van der Waals surface area contributed by atoms with Gasteiger partial charge in [-0.3, -0.25) is 4.90 Å². The molecule has 3 nitrogen and oxygen atoms in total. The molecule has 0 saturated carbocycles. The number of nitrogens with zero attached hydrogens (tertiary/aromatic N) is 1. The highest BCUT2D eigenvalue weighted by Crippen LogP contribution is 2.11. The van der Waals surface area contributed by atoms with Gasteiger partial charge in [-0.05, 0) is 38.1 Å². The van der Waals surface area contributed by atoms with Crippen molar-refractivity contribution < 1.29 is 9.52 Å². The summed E-state index contributed by atoms with van der Waals surface area (Å²) in [5.74, 6) is 1.60. The largest absolute Gasteiger partial charge is 0.462 e. The van der Waals surface area contributed by atoms with Crippen molar-refractivity contribution in [1.82, 2.24) is 4.90 Å². The Hall–Kier alpha value is -0.800. The molecule has 3 heteroatoms. The van der Waals surface area contributed by atoms with Crippen LogP contribution in [0.1, 0.15) is 38.2 Å². The van der Waals surface area contributed by atoms with E-state index in [0.717, 1.165) is 38.2 Å². The second-order valence-electron chi connectivity index (χ2n) is 3.80. The minimum absolute atomic E-state index is 0.0123. The molecule has 1 N–H and O–H groups in total. The number of aliphatic hydroxyl groups is 1. The lowest BCUT2D eigenvalue weighted by atomic mass is 10.3. The Bertz CT molecular complexity index is 264.